The van der Waals surface area contributed by atoms with Crippen LogP contribution in [0.1, 0.15) is 11.1 Å². The number of amides is 1. The summed E-state index contributed by atoms with van der Waals surface area (Å²) in [5, 5.41) is 12.7. The van der Waals surface area contributed by atoms with E-state index in [0.717, 1.165) is 10.4 Å². The molecular weight excluding hydrogens is 362 g/mol. The topological polar surface area (TPSA) is 84.2 Å². The van der Waals surface area contributed by atoms with E-state index in [-0.39, 0.29) is 12.3 Å². The van der Waals surface area contributed by atoms with Gasteiger partial charge in [0.25, 0.3) is 0 Å². The molecule has 1 N–H and O–H groups in total. The normalized spacial score (nSPS) is 10.1. The molecule has 27 heavy (non-hydrogen) atoms. The monoisotopic (exact) mass is 379 g/mol. The molecule has 0 aliphatic heterocycles. The molecule has 0 saturated heterocycles. The summed E-state index contributed by atoms with van der Waals surface area (Å²) in [6, 6.07) is 12.9. The molecule has 2 aromatic heterocycles. The van der Waals surface area contributed by atoms with Crippen molar-refractivity contribution in [3.63, 3.8) is 0 Å². The summed E-state index contributed by atoms with van der Waals surface area (Å²) in [5.41, 5.74) is 2.08. The molecule has 0 aliphatic rings. The molecule has 0 spiro atoms. The molecule has 0 saturated carbocycles. The standard InChI is InChI=1S/C20H17N3O3S/c1-25-16-3-4-17(26-2)14(9-16)11-19(24)23-20-15(12-21)10-18(27-20)13-5-7-22-8-6-13/h3-10H,11H2,1-2H3,(H,23,24). The van der Waals surface area contributed by atoms with Gasteiger partial charge < -0.3 is 14.8 Å². The number of rotatable bonds is 6. The molecule has 0 bridgehead atoms. The minimum Gasteiger partial charge on any atom is -0.497 e. The van der Waals surface area contributed by atoms with Gasteiger partial charge in [0.15, 0.2) is 0 Å². The second kappa shape index (κ2) is 8.34. The number of aromatic nitrogens is 1. The largest absolute Gasteiger partial charge is 0.497 e. The van der Waals surface area contributed by atoms with Crippen LogP contribution < -0.4 is 14.8 Å². The molecule has 1 amide bonds. The van der Waals surface area contributed by atoms with Gasteiger partial charge in [0.05, 0.1) is 26.2 Å². The van der Waals surface area contributed by atoms with Crippen LogP contribution in [-0.2, 0) is 11.2 Å². The predicted molar refractivity (Wildman–Crippen MR) is 104 cm³/mol. The number of hydrogen-bond acceptors (Lipinski definition) is 6. The second-order valence-corrected chi connectivity index (χ2v) is 6.66. The molecule has 0 fully saturated rings. The third-order valence-electron chi connectivity index (χ3n) is 3.91. The Morgan fingerprint density at radius 1 is 1.19 bits per heavy atom. The molecule has 6 nitrogen and oxygen atoms in total. The Labute approximate surface area is 161 Å². The highest BCUT2D eigenvalue weighted by Gasteiger charge is 2.15. The third kappa shape index (κ3) is 4.25. The van der Waals surface area contributed by atoms with Crippen LogP contribution in [0.15, 0.2) is 48.8 Å². The summed E-state index contributed by atoms with van der Waals surface area (Å²) < 4.78 is 10.5. The van der Waals surface area contributed by atoms with Crippen LogP contribution in [0.3, 0.4) is 0 Å². The van der Waals surface area contributed by atoms with E-state index < -0.39 is 0 Å². The van der Waals surface area contributed by atoms with Crippen molar-refractivity contribution >= 4 is 22.2 Å². The lowest BCUT2D eigenvalue weighted by molar-refractivity contribution is -0.115. The molecule has 0 unspecified atom stereocenters. The first-order valence-corrected chi connectivity index (χ1v) is 8.91. The Bertz CT molecular complexity index is 993. The number of nitriles is 1. The van der Waals surface area contributed by atoms with Crippen LogP contribution in [0.25, 0.3) is 10.4 Å². The molecular formula is C20H17N3O3S. The SMILES string of the molecule is COc1ccc(OC)c(CC(=O)Nc2sc(-c3ccncc3)cc2C#N)c1. The van der Waals surface area contributed by atoms with Gasteiger partial charge in [0, 0.05) is 22.8 Å². The molecule has 1 aromatic carbocycles. The van der Waals surface area contributed by atoms with Crippen LogP contribution >= 0.6 is 11.3 Å². The zero-order chi connectivity index (χ0) is 19.2. The van der Waals surface area contributed by atoms with E-state index in [1.54, 1.807) is 50.9 Å². The minimum atomic E-state index is -0.235. The summed E-state index contributed by atoms with van der Waals surface area (Å²) in [5.74, 6) is 1.02. The van der Waals surface area contributed by atoms with E-state index in [1.807, 2.05) is 12.1 Å². The highest BCUT2D eigenvalue weighted by atomic mass is 32.1. The predicted octanol–water partition coefficient (Wildman–Crippen LogP) is 3.88. The van der Waals surface area contributed by atoms with Crippen molar-refractivity contribution in [2.24, 2.45) is 0 Å². The van der Waals surface area contributed by atoms with E-state index in [1.165, 1.54) is 11.3 Å². The number of benzene rings is 1. The minimum absolute atomic E-state index is 0.105. The van der Waals surface area contributed by atoms with Gasteiger partial charge in [-0.1, -0.05) is 0 Å². The Hall–Kier alpha value is -3.37. The Balaban J connectivity index is 1.81. The molecule has 136 valence electrons. The van der Waals surface area contributed by atoms with Crippen LogP contribution in [-0.4, -0.2) is 25.1 Å². The van der Waals surface area contributed by atoms with Gasteiger partial charge in [-0.05, 0) is 42.0 Å². The quantitative estimate of drug-likeness (QED) is 0.703. The highest BCUT2D eigenvalue weighted by molar-refractivity contribution is 7.19. The van der Waals surface area contributed by atoms with Crippen LogP contribution in [0, 0.1) is 11.3 Å². The average molecular weight is 379 g/mol. The molecule has 3 aromatic rings. The molecule has 0 atom stereocenters. The number of carbonyl (C=O) groups excluding carboxylic acids is 1. The van der Waals surface area contributed by atoms with Crippen molar-refractivity contribution in [2.75, 3.05) is 19.5 Å². The number of anilines is 1. The highest BCUT2D eigenvalue weighted by Crippen LogP contribution is 2.35. The number of ether oxygens (including phenoxy) is 2. The Morgan fingerprint density at radius 2 is 1.96 bits per heavy atom. The fourth-order valence-corrected chi connectivity index (χ4v) is 3.62. The molecule has 3 rings (SSSR count). The van der Waals surface area contributed by atoms with Crippen molar-refractivity contribution < 1.29 is 14.3 Å². The average Bonchev–Trinajstić information content (AvgIpc) is 3.11. The number of nitrogens with one attached hydrogen (secondary N) is 1. The van der Waals surface area contributed by atoms with Gasteiger partial charge in [0.2, 0.25) is 5.91 Å². The molecule has 0 aliphatic carbocycles. The summed E-state index contributed by atoms with van der Waals surface area (Å²) in [4.78, 5) is 17.4. The lowest BCUT2D eigenvalue weighted by atomic mass is 10.1. The van der Waals surface area contributed by atoms with Crippen LogP contribution in [0.2, 0.25) is 0 Å². The fourth-order valence-electron chi connectivity index (χ4n) is 2.59. The molecule has 0 radical (unpaired) electrons. The number of pyridine rings is 1. The lowest BCUT2D eigenvalue weighted by Crippen LogP contribution is -2.14. The first-order chi connectivity index (χ1) is 13.1. The van der Waals surface area contributed by atoms with E-state index in [9.17, 15) is 10.1 Å². The van der Waals surface area contributed by atoms with Crippen molar-refractivity contribution in [2.45, 2.75) is 6.42 Å². The summed E-state index contributed by atoms with van der Waals surface area (Å²) in [6.07, 6.45) is 3.48. The first kappa shape index (κ1) is 18.4. The van der Waals surface area contributed by atoms with Gasteiger partial charge in [-0.25, -0.2) is 0 Å². The second-order valence-electron chi connectivity index (χ2n) is 5.60. The van der Waals surface area contributed by atoms with Gasteiger partial charge >= 0.3 is 0 Å². The Kier molecular flexibility index (Phi) is 5.69. The third-order valence-corrected chi connectivity index (χ3v) is 5.01. The Morgan fingerprint density at radius 3 is 2.63 bits per heavy atom. The van der Waals surface area contributed by atoms with E-state index in [0.29, 0.717) is 27.6 Å². The number of methoxy groups -OCH3 is 2. The first-order valence-electron chi connectivity index (χ1n) is 8.09. The maximum absolute atomic E-state index is 12.5. The molecule has 7 heteroatoms. The van der Waals surface area contributed by atoms with Gasteiger partial charge in [-0.2, -0.15) is 5.26 Å². The number of nitrogens with zero attached hydrogens (tertiary/aromatic N) is 2. The van der Waals surface area contributed by atoms with Crippen molar-refractivity contribution in [3.8, 4) is 28.0 Å². The summed E-state index contributed by atoms with van der Waals surface area (Å²) in [7, 11) is 3.12. The maximum Gasteiger partial charge on any atom is 0.229 e. The van der Waals surface area contributed by atoms with Gasteiger partial charge in [-0.15, -0.1) is 11.3 Å². The number of hydrogen-bond donors (Lipinski definition) is 1. The van der Waals surface area contributed by atoms with Gasteiger partial charge in [0.1, 0.15) is 22.6 Å². The van der Waals surface area contributed by atoms with Crippen LogP contribution in [0.5, 0.6) is 11.5 Å². The van der Waals surface area contributed by atoms with Gasteiger partial charge in [-0.3, -0.25) is 9.78 Å². The summed E-state index contributed by atoms with van der Waals surface area (Å²) in [6.45, 7) is 0. The summed E-state index contributed by atoms with van der Waals surface area (Å²) >= 11 is 1.36. The fraction of sp³-hybridized carbons (Fsp3) is 0.150. The van der Waals surface area contributed by atoms with Crippen molar-refractivity contribution in [3.05, 3.63) is 59.9 Å². The number of carbonyl (C=O) groups is 1. The van der Waals surface area contributed by atoms with E-state index >= 15 is 0 Å². The zero-order valence-corrected chi connectivity index (χ0v) is 15.7. The molecule has 2 heterocycles. The van der Waals surface area contributed by atoms with E-state index in [2.05, 4.69) is 16.4 Å². The maximum atomic E-state index is 12.5. The van der Waals surface area contributed by atoms with Crippen molar-refractivity contribution in [1.82, 2.24) is 4.98 Å². The number of thiophene rings is 1. The zero-order valence-electron chi connectivity index (χ0n) is 14.9. The van der Waals surface area contributed by atoms with Crippen molar-refractivity contribution in [1.29, 1.82) is 5.26 Å². The van der Waals surface area contributed by atoms with E-state index in [4.69, 9.17) is 9.47 Å². The lowest BCUT2D eigenvalue weighted by Gasteiger charge is -2.10. The smallest absolute Gasteiger partial charge is 0.229 e. The van der Waals surface area contributed by atoms with Crippen LogP contribution in [0.4, 0.5) is 5.00 Å².